The van der Waals surface area contributed by atoms with Crippen LogP contribution in [0.5, 0.6) is 5.75 Å². The average Bonchev–Trinajstić information content (AvgIpc) is 2.97. The number of carbonyl (C=O) groups excluding carboxylic acids is 2. The number of hydrogen-bond donors (Lipinski definition) is 2. The minimum Gasteiger partial charge on any atom is -0.466 e. The van der Waals surface area contributed by atoms with Crippen molar-refractivity contribution >= 4 is 34.8 Å². The van der Waals surface area contributed by atoms with Gasteiger partial charge < -0.3 is 15.4 Å². The van der Waals surface area contributed by atoms with E-state index in [-0.39, 0.29) is 0 Å². The number of aromatic nitrogens is 2. The first kappa shape index (κ1) is 20.0. The van der Waals surface area contributed by atoms with Crippen LogP contribution in [-0.4, -0.2) is 27.2 Å². The molecule has 1 aliphatic rings. The molecule has 2 amide bonds. The van der Waals surface area contributed by atoms with Gasteiger partial charge in [0, 0.05) is 5.69 Å². The van der Waals surface area contributed by atoms with Gasteiger partial charge in [0.15, 0.2) is 0 Å². The highest BCUT2D eigenvalue weighted by Crippen LogP contribution is 2.35. The number of nitrogens with one attached hydrogen (secondary N) is 2. The molecule has 7 nitrogen and oxygen atoms in total. The number of benzene rings is 2. The fourth-order valence-corrected chi connectivity index (χ4v) is 3.42. The predicted molar refractivity (Wildman–Crippen MR) is 116 cm³/mol. The Kier molecular flexibility index (Phi) is 4.78. The molecule has 3 aromatic rings. The lowest BCUT2D eigenvalue weighted by molar-refractivity contribution is -0.143. The maximum atomic E-state index is 12.9. The van der Waals surface area contributed by atoms with E-state index in [0.29, 0.717) is 22.1 Å². The number of halogens is 1. The molecule has 8 heteroatoms. The molecule has 4 rings (SSSR count). The maximum Gasteiger partial charge on any atom is 0.278 e. The SMILES string of the molecule is Cc1ccc2c(c1)NC(=O)C(C)(C(=O)Nc1ccc(-n3nc(C)c(Cl)c3C)cc1)O2. The van der Waals surface area contributed by atoms with Crippen LogP contribution in [0.2, 0.25) is 5.02 Å². The van der Waals surface area contributed by atoms with Crippen molar-refractivity contribution in [2.24, 2.45) is 0 Å². The van der Waals surface area contributed by atoms with Gasteiger partial charge in [0.1, 0.15) is 5.75 Å². The second-order valence-electron chi connectivity index (χ2n) is 7.49. The van der Waals surface area contributed by atoms with E-state index in [1.165, 1.54) is 6.92 Å². The van der Waals surface area contributed by atoms with E-state index in [1.54, 1.807) is 28.9 Å². The number of ether oxygens (including phenoxy) is 1. The minimum absolute atomic E-state index is 0.453. The van der Waals surface area contributed by atoms with Gasteiger partial charge in [-0.25, -0.2) is 4.68 Å². The zero-order chi connectivity index (χ0) is 21.6. The quantitative estimate of drug-likeness (QED) is 0.617. The van der Waals surface area contributed by atoms with E-state index in [1.807, 2.05) is 39.0 Å². The van der Waals surface area contributed by atoms with E-state index < -0.39 is 17.4 Å². The van der Waals surface area contributed by atoms with Crippen molar-refractivity contribution in [3.8, 4) is 11.4 Å². The van der Waals surface area contributed by atoms with Crippen LogP contribution in [-0.2, 0) is 9.59 Å². The molecule has 2 aromatic carbocycles. The van der Waals surface area contributed by atoms with E-state index in [9.17, 15) is 9.59 Å². The summed E-state index contributed by atoms with van der Waals surface area (Å²) < 4.78 is 7.53. The third kappa shape index (κ3) is 3.31. The molecule has 1 aromatic heterocycles. The summed E-state index contributed by atoms with van der Waals surface area (Å²) >= 11 is 6.22. The van der Waals surface area contributed by atoms with Gasteiger partial charge in [0.2, 0.25) is 0 Å². The summed E-state index contributed by atoms with van der Waals surface area (Å²) in [6, 6.07) is 12.5. The Hall–Kier alpha value is -3.32. The normalized spacial score (nSPS) is 17.7. The van der Waals surface area contributed by atoms with E-state index in [4.69, 9.17) is 16.3 Å². The second-order valence-corrected chi connectivity index (χ2v) is 7.86. The molecule has 0 fully saturated rings. The maximum absolute atomic E-state index is 12.9. The van der Waals surface area contributed by atoms with Crippen LogP contribution in [0.3, 0.4) is 0 Å². The first-order chi connectivity index (χ1) is 14.2. The Bertz CT molecular complexity index is 1170. The average molecular weight is 425 g/mol. The first-order valence-electron chi connectivity index (χ1n) is 9.44. The summed E-state index contributed by atoms with van der Waals surface area (Å²) in [5.74, 6) is -0.630. The largest absolute Gasteiger partial charge is 0.466 e. The van der Waals surface area contributed by atoms with Crippen LogP contribution in [0.25, 0.3) is 5.69 Å². The van der Waals surface area contributed by atoms with Gasteiger partial charge >= 0.3 is 0 Å². The van der Waals surface area contributed by atoms with Gasteiger partial charge in [-0.2, -0.15) is 5.10 Å². The van der Waals surface area contributed by atoms with Crippen molar-refractivity contribution in [2.45, 2.75) is 33.3 Å². The van der Waals surface area contributed by atoms with Crippen molar-refractivity contribution < 1.29 is 14.3 Å². The lowest BCUT2D eigenvalue weighted by atomic mass is 10.0. The lowest BCUT2D eigenvalue weighted by Gasteiger charge is -2.33. The molecule has 2 heterocycles. The number of rotatable bonds is 3. The van der Waals surface area contributed by atoms with E-state index in [2.05, 4.69) is 15.7 Å². The highest BCUT2D eigenvalue weighted by atomic mass is 35.5. The Labute approximate surface area is 179 Å². The molecule has 0 saturated carbocycles. The monoisotopic (exact) mass is 424 g/mol. The van der Waals surface area contributed by atoms with Gasteiger partial charge in [-0.05, 0) is 69.7 Å². The Morgan fingerprint density at radius 1 is 1.17 bits per heavy atom. The molecule has 1 atom stereocenters. The number of amides is 2. The van der Waals surface area contributed by atoms with Crippen molar-refractivity contribution in [3.63, 3.8) is 0 Å². The molecule has 0 saturated heterocycles. The third-order valence-electron chi connectivity index (χ3n) is 5.14. The molecule has 0 aliphatic carbocycles. The van der Waals surface area contributed by atoms with E-state index in [0.717, 1.165) is 22.6 Å². The molecule has 2 N–H and O–H groups in total. The molecule has 0 radical (unpaired) electrons. The van der Waals surface area contributed by atoms with Crippen molar-refractivity contribution in [1.82, 2.24) is 9.78 Å². The number of hydrogen-bond acceptors (Lipinski definition) is 4. The number of fused-ring (bicyclic) bond motifs is 1. The van der Waals surface area contributed by atoms with Crippen molar-refractivity contribution in [2.75, 3.05) is 10.6 Å². The number of anilines is 2. The van der Waals surface area contributed by atoms with Crippen LogP contribution >= 0.6 is 11.6 Å². The molecule has 1 aliphatic heterocycles. The summed E-state index contributed by atoms with van der Waals surface area (Å²) in [6.45, 7) is 7.09. The van der Waals surface area contributed by atoms with Crippen LogP contribution < -0.4 is 15.4 Å². The lowest BCUT2D eigenvalue weighted by Crippen LogP contribution is -2.56. The van der Waals surface area contributed by atoms with Crippen molar-refractivity contribution in [1.29, 1.82) is 0 Å². The highest BCUT2D eigenvalue weighted by Gasteiger charge is 2.47. The van der Waals surface area contributed by atoms with Crippen molar-refractivity contribution in [3.05, 3.63) is 64.4 Å². The van der Waals surface area contributed by atoms with Crippen LogP contribution in [0.15, 0.2) is 42.5 Å². The molecular weight excluding hydrogens is 404 g/mol. The highest BCUT2D eigenvalue weighted by molar-refractivity contribution is 6.31. The zero-order valence-corrected chi connectivity index (χ0v) is 17.8. The summed E-state index contributed by atoms with van der Waals surface area (Å²) in [5, 5.41) is 10.5. The van der Waals surface area contributed by atoms with Gasteiger partial charge in [-0.15, -0.1) is 0 Å². The fourth-order valence-electron chi connectivity index (χ4n) is 3.30. The first-order valence-corrected chi connectivity index (χ1v) is 9.81. The number of aryl methyl sites for hydroxylation is 2. The Balaban J connectivity index is 1.54. The van der Waals surface area contributed by atoms with Gasteiger partial charge in [0.05, 0.1) is 27.8 Å². The molecule has 1 unspecified atom stereocenters. The van der Waals surface area contributed by atoms with Gasteiger partial charge in [0.25, 0.3) is 17.4 Å². The molecule has 0 spiro atoms. The third-order valence-corrected chi connectivity index (χ3v) is 5.68. The molecule has 0 bridgehead atoms. The number of carbonyl (C=O) groups is 2. The summed E-state index contributed by atoms with van der Waals surface area (Å²) in [6.07, 6.45) is 0. The Morgan fingerprint density at radius 2 is 1.87 bits per heavy atom. The summed E-state index contributed by atoms with van der Waals surface area (Å²) in [7, 11) is 0. The molecular formula is C22H21ClN4O3. The molecule has 30 heavy (non-hydrogen) atoms. The number of nitrogens with zero attached hydrogens (tertiary/aromatic N) is 2. The van der Waals surface area contributed by atoms with E-state index >= 15 is 0 Å². The van der Waals surface area contributed by atoms with Gasteiger partial charge in [-0.1, -0.05) is 17.7 Å². The van der Waals surface area contributed by atoms with Crippen LogP contribution in [0, 0.1) is 20.8 Å². The summed E-state index contributed by atoms with van der Waals surface area (Å²) in [5.41, 5.74) is 2.76. The summed E-state index contributed by atoms with van der Waals surface area (Å²) in [4.78, 5) is 25.5. The fraction of sp³-hybridized carbons (Fsp3) is 0.227. The van der Waals surface area contributed by atoms with Crippen LogP contribution in [0.4, 0.5) is 11.4 Å². The second kappa shape index (κ2) is 7.18. The predicted octanol–water partition coefficient (Wildman–Crippen LogP) is 4.18. The van der Waals surface area contributed by atoms with Crippen LogP contribution in [0.1, 0.15) is 23.9 Å². The topological polar surface area (TPSA) is 85.3 Å². The standard InChI is InChI=1S/C22H21ClN4O3/c1-12-5-10-18-17(11-12)25-21(29)22(4,30-18)20(28)24-15-6-8-16(9-7-15)27-14(3)19(23)13(2)26-27/h5-11H,1-4H3,(H,24,28)(H,25,29). The molecule has 154 valence electrons. The van der Waals surface area contributed by atoms with Gasteiger partial charge in [-0.3, -0.25) is 9.59 Å². The zero-order valence-electron chi connectivity index (χ0n) is 17.0. The smallest absolute Gasteiger partial charge is 0.278 e. The minimum atomic E-state index is -1.69. The Morgan fingerprint density at radius 3 is 2.50 bits per heavy atom.